The summed E-state index contributed by atoms with van der Waals surface area (Å²) in [5.41, 5.74) is 0. The normalized spacial score (nSPS) is 12.2. The van der Waals surface area contributed by atoms with Gasteiger partial charge in [-0.3, -0.25) is 0 Å². The Balaban J connectivity index is 1.81. The van der Waals surface area contributed by atoms with Crippen LogP contribution in [-0.2, 0) is 0 Å². The molecule has 0 spiro atoms. The van der Waals surface area contributed by atoms with Crippen molar-refractivity contribution in [3.63, 3.8) is 0 Å². The van der Waals surface area contributed by atoms with Crippen molar-refractivity contribution < 1.29 is 0 Å². The molecule has 0 aliphatic rings. The van der Waals surface area contributed by atoms with Gasteiger partial charge in [-0.2, -0.15) is 0 Å². The minimum atomic E-state index is 0.478. The van der Waals surface area contributed by atoms with Gasteiger partial charge in [0.05, 0.1) is 0 Å². The molecule has 0 fully saturated rings. The SMILES string of the molecule is Cc1cc2ccc3c4ccc5c(ccc6cc(C)[se]c65)c4ccc3c2[se]1. The fraction of sp³-hybridized carbons (Fsp3) is 0.0833. The molecule has 2 heteroatoms. The van der Waals surface area contributed by atoms with Crippen LogP contribution in [0.15, 0.2) is 60.7 Å². The second kappa shape index (κ2) is 5.35. The zero-order chi connectivity index (χ0) is 17.4. The number of rotatable bonds is 0. The van der Waals surface area contributed by atoms with Gasteiger partial charge in [-0.25, -0.2) is 0 Å². The molecule has 0 atom stereocenters. The van der Waals surface area contributed by atoms with E-state index in [1.165, 1.54) is 52.0 Å². The van der Waals surface area contributed by atoms with Gasteiger partial charge in [0.15, 0.2) is 0 Å². The maximum absolute atomic E-state index is 2.37. The summed E-state index contributed by atoms with van der Waals surface area (Å²) in [6.07, 6.45) is 0. The van der Waals surface area contributed by atoms with Crippen molar-refractivity contribution in [1.29, 1.82) is 0 Å². The maximum atomic E-state index is 2.37. The van der Waals surface area contributed by atoms with Crippen molar-refractivity contribution in [2.24, 2.45) is 0 Å². The molecule has 6 rings (SSSR count). The van der Waals surface area contributed by atoms with E-state index < -0.39 is 0 Å². The average molecular weight is 462 g/mol. The number of fused-ring (bicyclic) bond motifs is 9. The summed E-state index contributed by atoms with van der Waals surface area (Å²) >= 11 is 0.956. The third-order valence-corrected chi connectivity index (χ3v) is 10.0. The molecule has 0 saturated carbocycles. The van der Waals surface area contributed by atoms with Crippen molar-refractivity contribution in [2.45, 2.75) is 13.8 Å². The molecular formula is C24H16Se2. The van der Waals surface area contributed by atoms with Gasteiger partial charge >= 0.3 is 164 Å². The van der Waals surface area contributed by atoms with Gasteiger partial charge in [0.2, 0.25) is 0 Å². The van der Waals surface area contributed by atoms with Gasteiger partial charge in [0.25, 0.3) is 0 Å². The Labute approximate surface area is 163 Å². The third kappa shape index (κ3) is 2.02. The Morgan fingerprint density at radius 2 is 0.808 bits per heavy atom. The van der Waals surface area contributed by atoms with E-state index in [2.05, 4.69) is 74.5 Å². The van der Waals surface area contributed by atoms with Crippen LogP contribution in [0.4, 0.5) is 0 Å². The number of hydrogen-bond acceptors (Lipinski definition) is 0. The van der Waals surface area contributed by atoms with E-state index in [0.717, 1.165) is 0 Å². The van der Waals surface area contributed by atoms with Crippen LogP contribution in [0.1, 0.15) is 8.87 Å². The molecule has 0 bridgehead atoms. The monoisotopic (exact) mass is 464 g/mol. The van der Waals surface area contributed by atoms with Crippen LogP contribution in [0.25, 0.3) is 51.6 Å². The molecular weight excluding hydrogens is 446 g/mol. The van der Waals surface area contributed by atoms with Gasteiger partial charge in [-0.15, -0.1) is 0 Å². The minimum absolute atomic E-state index is 0.478. The molecule has 0 aliphatic heterocycles. The predicted octanol–water partition coefficient (Wildman–Crippen LogP) is 6.18. The molecule has 2 heterocycles. The van der Waals surface area contributed by atoms with Crippen molar-refractivity contribution in [1.82, 2.24) is 0 Å². The zero-order valence-corrected chi connectivity index (χ0v) is 18.0. The molecule has 0 nitrogen and oxygen atoms in total. The Kier molecular flexibility index (Phi) is 3.14. The van der Waals surface area contributed by atoms with Crippen LogP contribution in [0, 0.1) is 13.8 Å². The Morgan fingerprint density at radius 3 is 1.27 bits per heavy atom. The molecule has 0 amide bonds. The summed E-state index contributed by atoms with van der Waals surface area (Å²) in [5.74, 6) is 0. The zero-order valence-electron chi connectivity index (χ0n) is 14.6. The first-order valence-electron chi connectivity index (χ1n) is 8.86. The summed E-state index contributed by atoms with van der Waals surface area (Å²) in [5, 5.41) is 11.4. The second-order valence-electron chi connectivity index (χ2n) is 7.10. The summed E-state index contributed by atoms with van der Waals surface area (Å²) in [7, 11) is 0. The van der Waals surface area contributed by atoms with E-state index in [4.69, 9.17) is 0 Å². The second-order valence-corrected chi connectivity index (χ2v) is 12.4. The third-order valence-electron chi connectivity index (χ3n) is 5.40. The number of hydrogen-bond donors (Lipinski definition) is 0. The topological polar surface area (TPSA) is 0 Å². The summed E-state index contributed by atoms with van der Waals surface area (Å²) in [4.78, 5) is 0. The van der Waals surface area contributed by atoms with Crippen LogP contribution in [0.2, 0.25) is 0 Å². The number of aryl methyl sites for hydroxylation is 2. The molecule has 0 N–H and O–H groups in total. The molecule has 2 aromatic heterocycles. The van der Waals surface area contributed by atoms with E-state index in [0.29, 0.717) is 29.0 Å². The van der Waals surface area contributed by atoms with Crippen LogP contribution in [0.5, 0.6) is 0 Å². The molecule has 4 aromatic carbocycles. The van der Waals surface area contributed by atoms with Crippen LogP contribution in [-0.4, -0.2) is 29.0 Å². The summed E-state index contributed by atoms with van der Waals surface area (Å²) in [6, 6.07) is 23.5. The molecule has 0 aliphatic carbocycles. The summed E-state index contributed by atoms with van der Waals surface area (Å²) < 4.78 is 6.18. The van der Waals surface area contributed by atoms with Crippen molar-refractivity contribution >= 4 is 80.6 Å². The summed E-state index contributed by atoms with van der Waals surface area (Å²) in [6.45, 7) is 4.53. The molecule has 0 unspecified atom stereocenters. The molecule has 124 valence electrons. The quantitative estimate of drug-likeness (QED) is 0.187. The number of benzene rings is 4. The molecule has 0 radical (unpaired) electrons. The Bertz CT molecular complexity index is 1380. The van der Waals surface area contributed by atoms with Gasteiger partial charge in [-0.1, -0.05) is 0 Å². The van der Waals surface area contributed by atoms with E-state index in [1.807, 2.05) is 0 Å². The Hall–Kier alpha value is -1.82. The van der Waals surface area contributed by atoms with Gasteiger partial charge in [0, 0.05) is 0 Å². The molecule has 6 aromatic rings. The standard InChI is InChI=1S/C24H16Se2/c1-13-11-15-3-5-19-17-8-10-22-20(6-4-16-12-14(2)26-24(16)22)18(17)7-9-21(19)23(15)25-13/h3-12H,1-2H3. The predicted molar refractivity (Wildman–Crippen MR) is 117 cm³/mol. The van der Waals surface area contributed by atoms with Gasteiger partial charge in [-0.05, 0) is 0 Å². The van der Waals surface area contributed by atoms with Crippen molar-refractivity contribution in [2.75, 3.05) is 0 Å². The van der Waals surface area contributed by atoms with Gasteiger partial charge in [0.1, 0.15) is 0 Å². The first-order valence-corrected chi connectivity index (χ1v) is 12.3. The first-order chi connectivity index (χ1) is 12.7. The molecule has 26 heavy (non-hydrogen) atoms. The van der Waals surface area contributed by atoms with Crippen molar-refractivity contribution in [3.8, 4) is 0 Å². The van der Waals surface area contributed by atoms with E-state index >= 15 is 0 Å². The van der Waals surface area contributed by atoms with Crippen molar-refractivity contribution in [3.05, 3.63) is 69.5 Å². The van der Waals surface area contributed by atoms with Crippen LogP contribution >= 0.6 is 0 Å². The first kappa shape index (κ1) is 15.3. The average Bonchev–Trinajstić information content (AvgIpc) is 3.21. The Morgan fingerprint density at radius 1 is 0.462 bits per heavy atom. The fourth-order valence-electron chi connectivity index (χ4n) is 4.29. The molecule has 0 saturated heterocycles. The van der Waals surface area contributed by atoms with E-state index in [-0.39, 0.29) is 0 Å². The fourth-order valence-corrected chi connectivity index (χ4v) is 8.66. The van der Waals surface area contributed by atoms with E-state index in [1.54, 1.807) is 8.52 Å². The van der Waals surface area contributed by atoms with Gasteiger partial charge < -0.3 is 0 Å². The van der Waals surface area contributed by atoms with Crippen LogP contribution < -0.4 is 0 Å². The van der Waals surface area contributed by atoms with Crippen LogP contribution in [0.3, 0.4) is 0 Å². The van der Waals surface area contributed by atoms with E-state index in [9.17, 15) is 0 Å².